The Balaban J connectivity index is -0.000000367. The number of aromatic hydroxyl groups is 1. The molecule has 0 amide bonds. The zero-order valence-corrected chi connectivity index (χ0v) is 20.4. The highest BCUT2D eigenvalue weighted by atomic mass is 16.6. The third-order valence-electron chi connectivity index (χ3n) is 4.18. The number of phenolic OH excluding ortho intramolecular Hbond substituents is 1. The molecule has 1 N–H and O–H groups in total. The molecule has 0 aliphatic heterocycles. The van der Waals surface area contributed by atoms with Crippen molar-refractivity contribution in [1.82, 2.24) is 0 Å². The lowest BCUT2D eigenvalue weighted by atomic mass is 9.89. The first-order chi connectivity index (χ1) is 13.2. The van der Waals surface area contributed by atoms with Crippen LogP contribution in [0.15, 0.2) is 18.2 Å². The topological polar surface area (TPSA) is 63.6 Å². The quantitative estimate of drug-likeness (QED) is 0.482. The summed E-state index contributed by atoms with van der Waals surface area (Å²) in [5, 5.41) is 9.10. The van der Waals surface area contributed by atoms with Crippen LogP contribution in [-0.4, -0.2) is 22.5 Å². The summed E-state index contributed by atoms with van der Waals surface area (Å²) in [6.07, 6.45) is 4.49. The molecule has 0 aliphatic rings. The van der Waals surface area contributed by atoms with Crippen molar-refractivity contribution in [1.29, 1.82) is 0 Å². The van der Waals surface area contributed by atoms with Crippen molar-refractivity contribution in [3.05, 3.63) is 29.3 Å². The van der Waals surface area contributed by atoms with Gasteiger partial charge in [-0.15, -0.1) is 0 Å². The number of Topliss-reactive ketones (excluding diaryl/α,β-unsaturated/α-hetero) is 1. The van der Waals surface area contributed by atoms with E-state index in [-0.39, 0.29) is 24.9 Å². The minimum Gasteiger partial charge on any atom is -0.508 e. The summed E-state index contributed by atoms with van der Waals surface area (Å²) < 4.78 is 4.80. The SMILES string of the molecule is C.CC(=O)OC(C)(C)C.CCCC[C@H](CC)C(=O)C(C)C.Cc1ccc(C)c(O)c1. The fourth-order valence-corrected chi connectivity index (χ4v) is 2.62. The fourth-order valence-electron chi connectivity index (χ4n) is 2.62. The molecule has 0 spiro atoms. The maximum atomic E-state index is 11.6. The first-order valence-corrected chi connectivity index (χ1v) is 10.7. The summed E-state index contributed by atoms with van der Waals surface area (Å²) in [5.74, 6) is 1.15. The van der Waals surface area contributed by atoms with Crippen LogP contribution < -0.4 is 0 Å². The Morgan fingerprint density at radius 2 is 1.63 bits per heavy atom. The van der Waals surface area contributed by atoms with Gasteiger partial charge in [-0.3, -0.25) is 9.59 Å². The Morgan fingerprint density at radius 1 is 1.10 bits per heavy atom. The van der Waals surface area contributed by atoms with Gasteiger partial charge < -0.3 is 9.84 Å². The first-order valence-electron chi connectivity index (χ1n) is 10.7. The molecule has 0 saturated carbocycles. The van der Waals surface area contributed by atoms with Crippen LogP contribution in [0.25, 0.3) is 0 Å². The van der Waals surface area contributed by atoms with Crippen molar-refractivity contribution >= 4 is 11.8 Å². The number of ketones is 1. The van der Waals surface area contributed by atoms with Crippen LogP contribution in [0.1, 0.15) is 99.6 Å². The highest BCUT2D eigenvalue weighted by Crippen LogP contribution is 2.17. The molecule has 0 bridgehead atoms. The van der Waals surface area contributed by atoms with Gasteiger partial charge in [-0.2, -0.15) is 0 Å². The lowest BCUT2D eigenvalue weighted by Gasteiger charge is -2.17. The zero-order valence-electron chi connectivity index (χ0n) is 20.4. The maximum Gasteiger partial charge on any atom is 0.303 e. The van der Waals surface area contributed by atoms with Gasteiger partial charge in [0.15, 0.2) is 0 Å². The van der Waals surface area contributed by atoms with Gasteiger partial charge in [-0.1, -0.05) is 60.1 Å². The minimum absolute atomic E-state index is 0. The van der Waals surface area contributed by atoms with Crippen molar-refractivity contribution in [2.75, 3.05) is 0 Å². The number of hydrogen-bond acceptors (Lipinski definition) is 4. The molecule has 0 radical (unpaired) electrons. The number of hydrogen-bond donors (Lipinski definition) is 1. The van der Waals surface area contributed by atoms with E-state index in [4.69, 9.17) is 9.84 Å². The summed E-state index contributed by atoms with van der Waals surface area (Å²) >= 11 is 0. The predicted octanol–water partition coefficient (Wildman–Crippen LogP) is 7.42. The first kappa shape index (κ1) is 32.8. The highest BCUT2D eigenvalue weighted by Gasteiger charge is 2.18. The predicted molar refractivity (Wildman–Crippen MR) is 129 cm³/mol. The summed E-state index contributed by atoms with van der Waals surface area (Å²) in [7, 11) is 0. The van der Waals surface area contributed by atoms with E-state index in [9.17, 15) is 9.59 Å². The monoisotopic (exact) mass is 424 g/mol. The maximum absolute atomic E-state index is 11.6. The molecule has 1 atom stereocenters. The van der Waals surface area contributed by atoms with E-state index >= 15 is 0 Å². The third kappa shape index (κ3) is 18.2. The number of unbranched alkanes of at least 4 members (excludes halogenated alkanes) is 1. The molecule has 0 aromatic heterocycles. The smallest absolute Gasteiger partial charge is 0.303 e. The van der Waals surface area contributed by atoms with Crippen molar-refractivity contribution in [2.24, 2.45) is 11.8 Å². The number of rotatable bonds is 6. The molecular formula is C26H48O4. The van der Waals surface area contributed by atoms with Crippen LogP contribution in [0, 0.1) is 25.7 Å². The Kier molecular flexibility index (Phi) is 18.5. The lowest BCUT2D eigenvalue weighted by molar-refractivity contribution is -0.151. The second-order valence-electron chi connectivity index (χ2n) is 8.80. The summed E-state index contributed by atoms with van der Waals surface area (Å²) in [6, 6.07) is 5.65. The molecule has 176 valence electrons. The van der Waals surface area contributed by atoms with Crippen LogP contribution in [-0.2, 0) is 14.3 Å². The molecule has 1 aromatic carbocycles. The van der Waals surface area contributed by atoms with Gasteiger partial charge in [0, 0.05) is 18.8 Å². The Morgan fingerprint density at radius 3 is 1.90 bits per heavy atom. The van der Waals surface area contributed by atoms with E-state index in [0.717, 1.165) is 24.0 Å². The van der Waals surface area contributed by atoms with Gasteiger partial charge in [0.25, 0.3) is 0 Å². The lowest BCUT2D eigenvalue weighted by Crippen LogP contribution is -2.21. The average Bonchev–Trinajstić information content (AvgIpc) is 2.57. The second-order valence-corrected chi connectivity index (χ2v) is 8.80. The summed E-state index contributed by atoms with van der Waals surface area (Å²) in [6.45, 7) is 19.1. The molecule has 30 heavy (non-hydrogen) atoms. The molecule has 0 saturated heterocycles. The standard InChI is InChI=1S/C11H22O.C8H10O.C6H12O2.CH4/c1-5-7-8-10(6-2)11(12)9(3)4;1-6-3-4-7(2)8(9)5-6;1-5(7)8-6(2,3)4;/h9-10H,5-8H2,1-4H3;3-5,9H,1-2H3;1-4H3;1H4/t10-;;;/m0.../s1. The van der Waals surface area contributed by atoms with Crippen LogP contribution in [0.5, 0.6) is 5.75 Å². The van der Waals surface area contributed by atoms with Crippen molar-refractivity contribution < 1.29 is 19.4 Å². The Labute approximate surface area is 186 Å². The van der Waals surface area contributed by atoms with Gasteiger partial charge >= 0.3 is 5.97 Å². The normalized spacial score (nSPS) is 11.2. The summed E-state index contributed by atoms with van der Waals surface area (Å²) in [4.78, 5) is 21.8. The van der Waals surface area contributed by atoms with Crippen LogP contribution in [0.4, 0.5) is 0 Å². The minimum atomic E-state index is -0.328. The van der Waals surface area contributed by atoms with Crippen LogP contribution in [0.2, 0.25) is 0 Å². The number of carbonyl (C=O) groups is 2. The molecular weight excluding hydrogens is 376 g/mol. The molecule has 0 unspecified atom stereocenters. The molecule has 4 nitrogen and oxygen atoms in total. The largest absolute Gasteiger partial charge is 0.508 e. The second kappa shape index (κ2) is 16.9. The summed E-state index contributed by atoms with van der Waals surface area (Å²) in [5.41, 5.74) is 1.70. The van der Waals surface area contributed by atoms with E-state index in [1.807, 2.05) is 60.6 Å². The third-order valence-corrected chi connectivity index (χ3v) is 4.18. The Bertz CT molecular complexity index is 598. The van der Waals surface area contributed by atoms with Crippen LogP contribution in [0.3, 0.4) is 0 Å². The van der Waals surface area contributed by atoms with E-state index in [2.05, 4.69) is 13.8 Å². The average molecular weight is 425 g/mol. The zero-order chi connectivity index (χ0) is 23.2. The Hall–Kier alpha value is -1.84. The van der Waals surface area contributed by atoms with Crippen molar-refractivity contribution in [3.8, 4) is 5.75 Å². The highest BCUT2D eigenvalue weighted by molar-refractivity contribution is 5.82. The number of benzene rings is 1. The number of ether oxygens (including phenoxy) is 1. The van der Waals surface area contributed by atoms with E-state index in [1.54, 1.807) is 6.07 Å². The van der Waals surface area contributed by atoms with Gasteiger partial charge in [0.05, 0.1) is 0 Å². The van der Waals surface area contributed by atoms with E-state index in [1.165, 1.54) is 19.8 Å². The molecule has 0 fully saturated rings. The molecule has 1 rings (SSSR count). The van der Waals surface area contributed by atoms with Crippen molar-refractivity contribution in [3.63, 3.8) is 0 Å². The van der Waals surface area contributed by atoms with Crippen molar-refractivity contribution in [2.45, 2.75) is 108 Å². The number of carbonyl (C=O) groups excluding carboxylic acids is 2. The molecule has 1 aromatic rings. The molecule has 0 heterocycles. The van der Waals surface area contributed by atoms with Gasteiger partial charge in [-0.25, -0.2) is 0 Å². The number of aryl methyl sites for hydroxylation is 2. The molecule has 4 heteroatoms. The fraction of sp³-hybridized carbons (Fsp3) is 0.692. The van der Waals surface area contributed by atoms with E-state index < -0.39 is 0 Å². The molecule has 0 aliphatic carbocycles. The number of esters is 1. The van der Waals surface area contributed by atoms with Gasteiger partial charge in [0.1, 0.15) is 17.1 Å². The van der Waals surface area contributed by atoms with Crippen LogP contribution >= 0.6 is 0 Å². The van der Waals surface area contributed by atoms with Gasteiger partial charge in [-0.05, 0) is 64.7 Å². The number of phenols is 1. The van der Waals surface area contributed by atoms with Gasteiger partial charge in [0.2, 0.25) is 0 Å². The van der Waals surface area contributed by atoms with E-state index in [0.29, 0.717) is 17.5 Å².